The second-order valence-electron chi connectivity index (χ2n) is 9.94. The van der Waals surface area contributed by atoms with E-state index < -0.39 is 0 Å². The van der Waals surface area contributed by atoms with Crippen LogP contribution in [-0.4, -0.2) is 36.5 Å². The van der Waals surface area contributed by atoms with Crippen molar-refractivity contribution in [1.82, 2.24) is 25.1 Å². The molecule has 43 heavy (non-hydrogen) atoms. The molecule has 6 aromatic rings. The first-order valence-corrected chi connectivity index (χ1v) is 14.4. The molecule has 3 aromatic heterocycles. The third kappa shape index (κ3) is 5.31. The molecular formula is C33H25N7O2S. The fraction of sp³-hybridized carbons (Fsp3) is 0.0606. The molecule has 2 N–H and O–H groups in total. The number of fused-ring (bicyclic) bond motifs is 1. The van der Waals surface area contributed by atoms with Gasteiger partial charge >= 0.3 is 0 Å². The lowest BCUT2D eigenvalue weighted by molar-refractivity contribution is -0.115. The number of aryl methyl sites for hydroxylation is 1. The number of aromatic amines is 1. The number of rotatable bonds is 6. The molecule has 1 aliphatic rings. The van der Waals surface area contributed by atoms with Crippen molar-refractivity contribution in [2.24, 2.45) is 10.2 Å². The molecule has 0 radical (unpaired) electrons. The van der Waals surface area contributed by atoms with Crippen LogP contribution in [0.3, 0.4) is 0 Å². The lowest BCUT2D eigenvalue weighted by atomic mass is 10.2. The van der Waals surface area contributed by atoms with Crippen LogP contribution in [0.5, 0.6) is 0 Å². The van der Waals surface area contributed by atoms with Gasteiger partial charge in [-0.2, -0.15) is 10.2 Å². The summed E-state index contributed by atoms with van der Waals surface area (Å²) < 4.78 is 7.92. The van der Waals surface area contributed by atoms with Crippen molar-refractivity contribution in [3.8, 4) is 28.5 Å². The molecule has 1 amide bonds. The molecule has 0 unspecified atom stereocenters. The van der Waals surface area contributed by atoms with Crippen molar-refractivity contribution in [2.75, 3.05) is 0 Å². The van der Waals surface area contributed by atoms with E-state index in [0.717, 1.165) is 45.0 Å². The molecule has 210 valence electrons. The van der Waals surface area contributed by atoms with Crippen molar-refractivity contribution in [3.63, 3.8) is 0 Å². The summed E-state index contributed by atoms with van der Waals surface area (Å²) in [6, 6.07) is 29.5. The van der Waals surface area contributed by atoms with Crippen LogP contribution in [0.15, 0.2) is 117 Å². The molecule has 1 saturated heterocycles. The first-order chi connectivity index (χ1) is 21.0. The fourth-order valence-corrected chi connectivity index (χ4v) is 5.59. The highest BCUT2D eigenvalue weighted by Crippen LogP contribution is 2.33. The lowest BCUT2D eigenvalue weighted by Crippen LogP contribution is -2.19. The topological polar surface area (TPSA) is 113 Å². The molecule has 7 rings (SSSR count). The van der Waals surface area contributed by atoms with Gasteiger partial charge in [0, 0.05) is 28.4 Å². The quantitative estimate of drug-likeness (QED) is 0.125. The number of nitrogens with zero attached hydrogens (tertiary/aromatic N) is 5. The summed E-state index contributed by atoms with van der Waals surface area (Å²) in [6.45, 7) is 3.79. The molecule has 0 saturated carbocycles. The van der Waals surface area contributed by atoms with E-state index in [2.05, 4.69) is 20.5 Å². The molecule has 4 heterocycles. The molecule has 1 aliphatic heterocycles. The number of H-pyrrole nitrogens is 1. The third-order valence-corrected chi connectivity index (χ3v) is 7.83. The molecule has 9 nitrogen and oxygen atoms in total. The number of thioether (sulfide) groups is 1. The minimum atomic E-state index is -0.262. The number of furan rings is 1. The van der Waals surface area contributed by atoms with Crippen LogP contribution in [0.4, 0.5) is 0 Å². The minimum Gasteiger partial charge on any atom is -0.454 e. The Morgan fingerprint density at radius 2 is 1.74 bits per heavy atom. The first-order valence-electron chi connectivity index (χ1n) is 13.6. The number of carbonyl (C=O) groups excluding carboxylic acids is 1. The summed E-state index contributed by atoms with van der Waals surface area (Å²) in [5.41, 5.74) is 6.25. The molecule has 0 spiro atoms. The second kappa shape index (κ2) is 11.1. The van der Waals surface area contributed by atoms with E-state index >= 15 is 0 Å². The number of aromatic nitrogens is 4. The molecule has 0 atom stereocenters. The average Bonchev–Trinajstić information content (AvgIpc) is 3.82. The van der Waals surface area contributed by atoms with Crippen molar-refractivity contribution in [2.45, 2.75) is 13.8 Å². The molecule has 0 aliphatic carbocycles. The second-order valence-corrected chi connectivity index (χ2v) is 11.0. The van der Waals surface area contributed by atoms with Gasteiger partial charge in [0.1, 0.15) is 22.8 Å². The number of hydrogen-bond acceptors (Lipinski definition) is 7. The number of carbonyl (C=O) groups is 1. The summed E-state index contributed by atoms with van der Waals surface area (Å²) in [4.78, 5) is 21.5. The Balaban J connectivity index is 1.19. The molecular weight excluding hydrogens is 558 g/mol. The Kier molecular flexibility index (Phi) is 6.80. The summed E-state index contributed by atoms with van der Waals surface area (Å²) in [5, 5.41) is 17.7. The normalized spacial score (nSPS) is 15.6. The highest BCUT2D eigenvalue weighted by molar-refractivity contribution is 8.18. The van der Waals surface area contributed by atoms with E-state index in [1.54, 1.807) is 10.8 Å². The Bertz CT molecular complexity index is 2040. The van der Waals surface area contributed by atoms with Crippen LogP contribution < -0.4 is 5.32 Å². The van der Waals surface area contributed by atoms with Gasteiger partial charge in [0.05, 0.1) is 16.3 Å². The predicted molar refractivity (Wildman–Crippen MR) is 171 cm³/mol. The van der Waals surface area contributed by atoms with E-state index in [-0.39, 0.29) is 5.91 Å². The van der Waals surface area contributed by atoms with Crippen LogP contribution in [0, 0.1) is 6.92 Å². The summed E-state index contributed by atoms with van der Waals surface area (Å²) in [6.07, 6.45) is 3.69. The summed E-state index contributed by atoms with van der Waals surface area (Å²) in [7, 11) is 0. The van der Waals surface area contributed by atoms with E-state index in [4.69, 9.17) is 14.5 Å². The zero-order chi connectivity index (χ0) is 29.3. The maximum absolute atomic E-state index is 13.0. The van der Waals surface area contributed by atoms with Gasteiger partial charge in [0.15, 0.2) is 10.9 Å². The predicted octanol–water partition coefficient (Wildman–Crippen LogP) is 6.97. The maximum atomic E-state index is 13.0. The van der Waals surface area contributed by atoms with Gasteiger partial charge in [-0.05, 0) is 56.0 Å². The van der Waals surface area contributed by atoms with Crippen LogP contribution >= 0.6 is 11.8 Å². The van der Waals surface area contributed by atoms with Crippen LogP contribution in [0.25, 0.3) is 45.6 Å². The number of amidine groups is 1. The van der Waals surface area contributed by atoms with Crippen molar-refractivity contribution >= 4 is 45.6 Å². The maximum Gasteiger partial charge on any atom is 0.264 e. The monoisotopic (exact) mass is 583 g/mol. The number of para-hydroxylation sites is 2. The lowest BCUT2D eigenvalue weighted by Gasteiger charge is -1.98. The van der Waals surface area contributed by atoms with E-state index in [9.17, 15) is 4.79 Å². The number of benzene rings is 3. The number of imidazole rings is 1. The average molecular weight is 584 g/mol. The van der Waals surface area contributed by atoms with E-state index in [0.29, 0.717) is 27.2 Å². The Hall–Kier alpha value is -5.48. The van der Waals surface area contributed by atoms with Gasteiger partial charge in [-0.25, -0.2) is 9.67 Å². The highest BCUT2D eigenvalue weighted by atomic mass is 32.2. The molecule has 10 heteroatoms. The van der Waals surface area contributed by atoms with Gasteiger partial charge in [0.2, 0.25) is 0 Å². The van der Waals surface area contributed by atoms with E-state index in [1.165, 1.54) is 11.8 Å². The van der Waals surface area contributed by atoms with Gasteiger partial charge in [-0.1, -0.05) is 66.7 Å². The molecule has 3 aromatic carbocycles. The smallest absolute Gasteiger partial charge is 0.264 e. The van der Waals surface area contributed by atoms with Gasteiger partial charge in [0.25, 0.3) is 5.91 Å². The third-order valence-electron chi connectivity index (χ3n) is 6.93. The van der Waals surface area contributed by atoms with Crippen molar-refractivity contribution in [1.29, 1.82) is 0 Å². The first kappa shape index (κ1) is 26.4. The Labute approximate surface area is 251 Å². The SMILES string of the molecule is C/C(=N\N=C1\NC(=O)/C(=C/c2cn(-c3ccccc3)nc2-c2cc3ccccc3o2)S1)c1nc(-c2ccccc2)[nH]c1C. The van der Waals surface area contributed by atoms with Gasteiger partial charge in [-0.3, -0.25) is 10.1 Å². The zero-order valence-electron chi connectivity index (χ0n) is 23.3. The molecule has 1 fully saturated rings. The van der Waals surface area contributed by atoms with Gasteiger partial charge in [-0.15, -0.1) is 5.10 Å². The fourth-order valence-electron chi connectivity index (χ4n) is 4.83. The Morgan fingerprint density at radius 1 is 1.00 bits per heavy atom. The van der Waals surface area contributed by atoms with Crippen LogP contribution in [0.1, 0.15) is 23.9 Å². The number of nitrogens with one attached hydrogen (secondary N) is 2. The van der Waals surface area contributed by atoms with Crippen LogP contribution in [0.2, 0.25) is 0 Å². The van der Waals surface area contributed by atoms with Crippen LogP contribution in [-0.2, 0) is 4.79 Å². The zero-order valence-corrected chi connectivity index (χ0v) is 24.1. The minimum absolute atomic E-state index is 0.262. The van der Waals surface area contributed by atoms with E-state index in [1.807, 2.05) is 111 Å². The Morgan fingerprint density at radius 3 is 2.53 bits per heavy atom. The molecule has 0 bridgehead atoms. The standard InChI is InChI=1S/C33H25N7O2S/c1-20-29(35-31(34-20)22-11-5-3-6-12-22)21(2)37-38-33-36-32(41)28(43-33)18-24-19-40(25-14-7-4-8-15-25)39-30(24)27-17-23-13-9-10-16-26(23)42-27/h3-19H,1-2H3,(H,34,35)(H,36,38,41)/b28-18-,37-21+. The van der Waals surface area contributed by atoms with Crippen molar-refractivity contribution < 1.29 is 9.21 Å². The van der Waals surface area contributed by atoms with Crippen molar-refractivity contribution in [3.05, 3.63) is 119 Å². The van der Waals surface area contributed by atoms with Gasteiger partial charge < -0.3 is 9.40 Å². The largest absolute Gasteiger partial charge is 0.454 e. The number of amides is 1. The summed E-state index contributed by atoms with van der Waals surface area (Å²) >= 11 is 1.22. The number of hydrogen-bond donors (Lipinski definition) is 2. The highest BCUT2D eigenvalue weighted by Gasteiger charge is 2.26. The summed E-state index contributed by atoms with van der Waals surface area (Å²) in [5.74, 6) is 1.12.